The fraction of sp³-hybridized carbons (Fsp3) is 0. The Balaban J connectivity index is 0. The maximum Gasteiger partial charge on any atom is 0.249 e. The van der Waals surface area contributed by atoms with Crippen molar-refractivity contribution in [1.82, 2.24) is 0 Å². The molecule has 0 heterocycles. The Morgan fingerprint density at radius 1 is 1.80 bits per heavy atom. The van der Waals surface area contributed by atoms with Crippen LogP contribution in [-0.2, 0) is 0 Å². The molecule has 0 saturated heterocycles. The predicted octanol–water partition coefficient (Wildman–Crippen LogP) is -1.65. The zero-order chi connectivity index (χ0) is 3.58. The van der Waals surface area contributed by atoms with E-state index in [1.165, 1.54) is 0 Å². The van der Waals surface area contributed by atoms with Crippen molar-refractivity contribution in [2.75, 3.05) is 0 Å². The second kappa shape index (κ2) is 3.56. The van der Waals surface area contributed by atoms with E-state index >= 15 is 0 Å². The van der Waals surface area contributed by atoms with E-state index in [1.807, 2.05) is 0 Å². The van der Waals surface area contributed by atoms with Gasteiger partial charge in [-0.25, -0.2) is 0 Å². The van der Waals surface area contributed by atoms with Crippen LogP contribution < -0.4 is 5.11 Å². The maximum atomic E-state index is 8.44. The number of rotatable bonds is 0. The van der Waals surface area contributed by atoms with Crippen LogP contribution in [0.5, 0.6) is 0 Å². The SMILES string of the molecule is O=C([O-])O.[ClH2+]. The minimum Gasteiger partial charge on any atom is -0.565 e. The first-order valence-corrected chi connectivity index (χ1v) is 0.632. The van der Waals surface area contributed by atoms with E-state index in [9.17, 15) is 0 Å². The van der Waals surface area contributed by atoms with E-state index in [0.29, 0.717) is 0 Å². The van der Waals surface area contributed by atoms with Gasteiger partial charge in [0.2, 0.25) is 6.16 Å². The van der Waals surface area contributed by atoms with Crippen LogP contribution in [0.2, 0.25) is 0 Å². The summed E-state index contributed by atoms with van der Waals surface area (Å²) in [6, 6.07) is 0. The summed E-state index contributed by atoms with van der Waals surface area (Å²) in [4.78, 5) is 8.44. The molecular weight excluding hydrogens is 95.5 g/mol. The van der Waals surface area contributed by atoms with Crippen LogP contribution in [0.25, 0.3) is 0 Å². The van der Waals surface area contributed by atoms with Gasteiger partial charge in [0.05, 0.1) is 12.4 Å². The van der Waals surface area contributed by atoms with Crippen molar-refractivity contribution in [1.29, 1.82) is 0 Å². The topological polar surface area (TPSA) is 60.4 Å². The highest BCUT2D eigenvalue weighted by Crippen LogP contribution is 1.32. The normalized spacial score (nSPS) is 4.80. The fourth-order valence-electron chi connectivity index (χ4n) is 0. The largest absolute Gasteiger partial charge is 0.565 e. The van der Waals surface area contributed by atoms with Gasteiger partial charge in [-0.2, -0.15) is 0 Å². The fourth-order valence-corrected chi connectivity index (χ4v) is 0. The summed E-state index contributed by atoms with van der Waals surface area (Å²) < 4.78 is 0. The zero-order valence-corrected chi connectivity index (χ0v) is 3.11. The third-order valence-electron chi connectivity index (χ3n) is 0. The summed E-state index contributed by atoms with van der Waals surface area (Å²) in [7, 11) is 0. The van der Waals surface area contributed by atoms with Gasteiger partial charge in [-0.15, -0.1) is 0 Å². The van der Waals surface area contributed by atoms with Crippen molar-refractivity contribution < 1.29 is 27.4 Å². The molecule has 0 aliphatic carbocycles. The lowest BCUT2D eigenvalue weighted by Gasteiger charge is -1.74. The molecule has 4 heteroatoms. The van der Waals surface area contributed by atoms with Crippen LogP contribution in [0.15, 0.2) is 0 Å². The summed E-state index contributed by atoms with van der Waals surface area (Å²) in [5.41, 5.74) is 0. The summed E-state index contributed by atoms with van der Waals surface area (Å²) in [5, 5.41) is 15.3. The van der Waals surface area contributed by atoms with Crippen LogP contribution >= 0.6 is 0 Å². The first-order valence-electron chi connectivity index (χ1n) is 0.632. The average Bonchev–Trinajstić information content (AvgIpc) is 0.811. The monoisotopic (exact) mass is 98.0 g/mol. The Morgan fingerprint density at radius 3 is 1.80 bits per heavy atom. The zero-order valence-electron chi connectivity index (χ0n) is 2.21. The van der Waals surface area contributed by atoms with Crippen molar-refractivity contribution >= 4 is 6.16 Å². The molecule has 0 radical (unpaired) electrons. The summed E-state index contributed by atoms with van der Waals surface area (Å²) in [6.45, 7) is 0. The van der Waals surface area contributed by atoms with E-state index in [2.05, 4.69) is 0 Å². The number of hydrogen-bond acceptors (Lipinski definition) is 2. The molecule has 0 saturated carbocycles. The molecule has 0 unspecified atom stereocenters. The van der Waals surface area contributed by atoms with Crippen LogP contribution in [-0.4, -0.2) is 11.3 Å². The third-order valence-corrected chi connectivity index (χ3v) is 0. The van der Waals surface area contributed by atoms with Crippen molar-refractivity contribution in [3.05, 3.63) is 0 Å². The first kappa shape index (κ1) is 8.82. The van der Waals surface area contributed by atoms with Crippen LogP contribution in [0, 0.1) is 12.4 Å². The molecule has 0 atom stereocenters. The highest BCUT2D eigenvalue weighted by atomic mass is 35.5. The molecule has 0 aliphatic heterocycles. The molecule has 0 aliphatic rings. The van der Waals surface area contributed by atoms with E-state index < -0.39 is 6.16 Å². The smallest absolute Gasteiger partial charge is 0.249 e. The van der Waals surface area contributed by atoms with Crippen LogP contribution in [0.1, 0.15) is 0 Å². The number of hydrogen-bond donors (Lipinski definition) is 1. The summed E-state index contributed by atoms with van der Waals surface area (Å²) in [6.07, 6.45) is -2.08. The molecule has 0 aromatic heterocycles. The Bertz CT molecular complexity index is 29.9. The molecule has 0 aromatic rings. The van der Waals surface area contributed by atoms with E-state index in [4.69, 9.17) is 15.0 Å². The molecule has 1 N–H and O–H groups in total. The number of carbonyl (C=O) groups is 1. The van der Waals surface area contributed by atoms with Gasteiger partial charge >= 0.3 is 0 Å². The average molecular weight is 98.5 g/mol. The molecular formula is CH3ClO3. The van der Waals surface area contributed by atoms with Crippen molar-refractivity contribution in [2.24, 2.45) is 0 Å². The van der Waals surface area contributed by atoms with Gasteiger partial charge in [-0.3, -0.25) is 0 Å². The molecule has 0 rings (SSSR count). The van der Waals surface area contributed by atoms with Crippen molar-refractivity contribution in [2.45, 2.75) is 0 Å². The summed E-state index contributed by atoms with van der Waals surface area (Å²) >= 11 is 0. The van der Waals surface area contributed by atoms with Gasteiger partial charge in [-0.05, 0) is 0 Å². The Hall–Kier alpha value is -0.440. The van der Waals surface area contributed by atoms with Crippen LogP contribution in [0.3, 0.4) is 0 Å². The Labute approximate surface area is 34.6 Å². The second-order valence-electron chi connectivity index (χ2n) is 0.266. The summed E-state index contributed by atoms with van der Waals surface area (Å²) in [5.74, 6) is 0. The van der Waals surface area contributed by atoms with Gasteiger partial charge in [0.25, 0.3) is 0 Å². The van der Waals surface area contributed by atoms with Crippen molar-refractivity contribution in [3.8, 4) is 0 Å². The number of carboxylic acid groups (broad SMARTS) is 2. The molecule has 0 aromatic carbocycles. The minimum absolute atomic E-state index is 0. The van der Waals surface area contributed by atoms with Gasteiger partial charge in [0, 0.05) is 0 Å². The molecule has 0 amide bonds. The lowest BCUT2D eigenvalue weighted by molar-refractivity contribution is -0.275. The second-order valence-corrected chi connectivity index (χ2v) is 0.266. The van der Waals surface area contributed by atoms with E-state index in [0.717, 1.165) is 0 Å². The molecule has 0 bridgehead atoms. The molecule has 0 fully saturated rings. The van der Waals surface area contributed by atoms with Gasteiger partial charge < -0.3 is 15.0 Å². The van der Waals surface area contributed by atoms with E-state index in [-0.39, 0.29) is 12.4 Å². The molecule has 5 heavy (non-hydrogen) atoms. The lowest BCUT2D eigenvalue weighted by Crippen LogP contribution is -2.17. The van der Waals surface area contributed by atoms with Gasteiger partial charge in [-0.1, -0.05) is 0 Å². The van der Waals surface area contributed by atoms with Gasteiger partial charge in [0.15, 0.2) is 0 Å². The Morgan fingerprint density at radius 2 is 1.80 bits per heavy atom. The highest BCUT2D eigenvalue weighted by molar-refractivity contribution is 5.50. The Kier molecular flexibility index (Phi) is 6.28. The minimum atomic E-state index is -2.08. The number of halogens is 1. The molecule has 0 spiro atoms. The molecule has 3 nitrogen and oxygen atoms in total. The standard InChI is InChI=1S/CH2O3.ClH2/c2-1(3)4;/h(H2,2,3,4);1H2/q;+1/p-1. The predicted molar refractivity (Wildman–Crippen MR) is 10.8 cm³/mol. The first-order chi connectivity index (χ1) is 1.73. The van der Waals surface area contributed by atoms with Crippen molar-refractivity contribution in [3.63, 3.8) is 0 Å². The highest BCUT2D eigenvalue weighted by Gasteiger charge is 1.51. The van der Waals surface area contributed by atoms with E-state index in [1.54, 1.807) is 0 Å². The quantitative estimate of drug-likeness (QED) is 0.395. The third kappa shape index (κ3) is 44.8. The lowest BCUT2D eigenvalue weighted by atomic mass is 11.5. The molecule has 32 valence electrons. The van der Waals surface area contributed by atoms with Crippen LogP contribution in [0.4, 0.5) is 4.79 Å². The maximum absolute atomic E-state index is 8.44. The van der Waals surface area contributed by atoms with Gasteiger partial charge in [0.1, 0.15) is 0 Å².